The third-order valence-electron chi connectivity index (χ3n) is 4.13. The van der Waals surface area contributed by atoms with Gasteiger partial charge < -0.3 is 15.4 Å². The van der Waals surface area contributed by atoms with Crippen LogP contribution in [0.1, 0.15) is 5.56 Å². The molecule has 0 unspecified atom stereocenters. The molecular formula is C20H19ClN4O4S. The summed E-state index contributed by atoms with van der Waals surface area (Å²) in [5, 5.41) is 15.5. The van der Waals surface area contributed by atoms with Crippen LogP contribution in [0.2, 0.25) is 5.02 Å². The van der Waals surface area contributed by atoms with E-state index >= 15 is 0 Å². The van der Waals surface area contributed by atoms with Crippen LogP contribution in [0.25, 0.3) is 10.9 Å². The van der Waals surface area contributed by atoms with Gasteiger partial charge in [-0.25, -0.2) is 0 Å². The number of carbonyl (C=O) groups is 1. The zero-order valence-electron chi connectivity index (χ0n) is 16.2. The van der Waals surface area contributed by atoms with Gasteiger partial charge in [-0.3, -0.25) is 4.79 Å². The molecule has 0 aliphatic carbocycles. The monoisotopic (exact) mass is 446 g/mol. The number of carbonyl (C=O) groups excluding carboxylic acids is 1. The Balaban J connectivity index is 2.03. The lowest BCUT2D eigenvalue weighted by atomic mass is 10.1. The quantitative estimate of drug-likeness (QED) is 0.271. The van der Waals surface area contributed by atoms with Crippen molar-refractivity contribution in [2.24, 2.45) is 4.40 Å². The third-order valence-corrected chi connectivity index (χ3v) is 5.76. The molecule has 0 saturated carbocycles. The first-order valence-corrected chi connectivity index (χ1v) is 10.7. The number of nitrogens with one attached hydrogen (secondary N) is 1. The summed E-state index contributed by atoms with van der Waals surface area (Å²) in [7, 11) is -0.853. The third kappa shape index (κ3) is 4.87. The van der Waals surface area contributed by atoms with Crippen molar-refractivity contribution in [1.29, 1.82) is 0 Å². The van der Waals surface area contributed by atoms with E-state index in [1.165, 1.54) is 35.4 Å². The zero-order chi connectivity index (χ0) is 21.9. The summed E-state index contributed by atoms with van der Waals surface area (Å²) < 4.78 is 29.7. The topological polar surface area (TPSA) is 106 Å². The normalized spacial score (nSPS) is 11.7. The standard InChI is InChI=1S/C20H19ClN4O4S/c1-24(2)13-22-30(28,29)19-12-15(11-18-16(19)7-5-9-25(18)27)23-20(26)10-14-6-3-4-8-17(14)21/h3-9,11-13H,10H2,1-2H3,(H,23,26)/b22-13+. The Hall–Kier alpha value is -3.17. The number of aromatic nitrogens is 1. The lowest BCUT2D eigenvalue weighted by Gasteiger charge is -2.11. The van der Waals surface area contributed by atoms with Gasteiger partial charge in [0.1, 0.15) is 11.2 Å². The van der Waals surface area contributed by atoms with Crippen LogP contribution >= 0.6 is 11.6 Å². The lowest BCUT2D eigenvalue weighted by molar-refractivity contribution is -0.577. The average molecular weight is 447 g/mol. The van der Waals surface area contributed by atoms with Crippen molar-refractivity contribution in [2.45, 2.75) is 11.3 Å². The lowest BCUT2D eigenvalue weighted by Crippen LogP contribution is -2.26. The maximum atomic E-state index is 12.8. The number of pyridine rings is 1. The number of nitrogens with zero attached hydrogens (tertiary/aromatic N) is 3. The van der Waals surface area contributed by atoms with Crippen molar-refractivity contribution in [2.75, 3.05) is 19.4 Å². The summed E-state index contributed by atoms with van der Waals surface area (Å²) in [6.45, 7) is 0. The first-order valence-electron chi connectivity index (χ1n) is 8.83. The van der Waals surface area contributed by atoms with Crippen LogP contribution in [0.5, 0.6) is 0 Å². The molecule has 8 nitrogen and oxygen atoms in total. The fraction of sp³-hybridized carbons (Fsp3) is 0.150. The number of rotatable bonds is 6. The number of sulfonamides is 1. The highest BCUT2D eigenvalue weighted by molar-refractivity contribution is 7.90. The Bertz CT molecular complexity index is 1240. The molecule has 1 aromatic heterocycles. The molecule has 156 valence electrons. The van der Waals surface area contributed by atoms with Crippen molar-refractivity contribution >= 4 is 50.5 Å². The van der Waals surface area contributed by atoms with Crippen LogP contribution in [0.15, 0.2) is 64.0 Å². The summed E-state index contributed by atoms with van der Waals surface area (Å²) in [5.41, 5.74) is 0.875. The smallest absolute Gasteiger partial charge is 0.284 e. The van der Waals surface area contributed by atoms with Crippen molar-refractivity contribution < 1.29 is 17.9 Å². The summed E-state index contributed by atoms with van der Waals surface area (Å²) in [5.74, 6) is -0.407. The fourth-order valence-electron chi connectivity index (χ4n) is 2.78. The molecule has 0 atom stereocenters. The van der Waals surface area contributed by atoms with Gasteiger partial charge in [0.2, 0.25) is 11.4 Å². The van der Waals surface area contributed by atoms with Gasteiger partial charge in [0.15, 0.2) is 6.20 Å². The predicted octanol–water partition coefficient (Wildman–Crippen LogP) is 2.59. The Morgan fingerprint density at radius 2 is 1.97 bits per heavy atom. The second-order valence-electron chi connectivity index (χ2n) is 6.72. The molecule has 0 spiro atoms. The van der Waals surface area contributed by atoms with Crippen LogP contribution in [0.4, 0.5) is 5.69 Å². The van der Waals surface area contributed by atoms with Crippen LogP contribution < -0.4 is 10.0 Å². The van der Waals surface area contributed by atoms with Crippen molar-refractivity contribution in [3.8, 4) is 0 Å². The molecule has 0 radical (unpaired) electrons. The largest absolute Gasteiger partial charge is 0.618 e. The molecule has 2 aromatic carbocycles. The van der Waals surface area contributed by atoms with Crippen LogP contribution in [-0.4, -0.2) is 39.7 Å². The number of anilines is 1. The Kier molecular flexibility index (Phi) is 6.23. The number of benzene rings is 2. The Morgan fingerprint density at radius 3 is 2.67 bits per heavy atom. The number of amides is 1. The molecule has 0 fully saturated rings. The minimum atomic E-state index is -4.12. The van der Waals surface area contributed by atoms with E-state index in [9.17, 15) is 18.4 Å². The van der Waals surface area contributed by atoms with Crippen LogP contribution in [0.3, 0.4) is 0 Å². The molecule has 10 heteroatoms. The number of hydrogen-bond acceptors (Lipinski definition) is 4. The van der Waals surface area contributed by atoms with Gasteiger partial charge in [0.05, 0.1) is 11.8 Å². The minimum absolute atomic E-state index is 0.00919. The fourth-order valence-corrected chi connectivity index (χ4v) is 4.13. The highest BCUT2D eigenvalue weighted by atomic mass is 35.5. The second-order valence-corrected chi connectivity index (χ2v) is 8.73. The first-order chi connectivity index (χ1) is 14.2. The van der Waals surface area contributed by atoms with Gasteiger partial charge in [-0.05, 0) is 23.8 Å². The summed E-state index contributed by atoms with van der Waals surface area (Å²) in [4.78, 5) is 13.8. The van der Waals surface area contributed by atoms with Gasteiger partial charge in [-0.15, -0.1) is 4.40 Å². The maximum absolute atomic E-state index is 12.8. The molecule has 0 saturated heterocycles. The molecule has 30 heavy (non-hydrogen) atoms. The highest BCUT2D eigenvalue weighted by Gasteiger charge is 2.22. The molecule has 0 aliphatic rings. The summed E-state index contributed by atoms with van der Waals surface area (Å²) in [6.07, 6.45) is 2.39. The van der Waals surface area contributed by atoms with Gasteiger partial charge in [0, 0.05) is 36.9 Å². The van der Waals surface area contributed by atoms with Crippen molar-refractivity contribution in [3.63, 3.8) is 0 Å². The zero-order valence-corrected chi connectivity index (χ0v) is 17.8. The number of hydrogen-bond donors (Lipinski definition) is 1. The minimum Gasteiger partial charge on any atom is -0.618 e. The molecular weight excluding hydrogens is 428 g/mol. The van der Waals surface area contributed by atoms with E-state index in [0.717, 1.165) is 6.34 Å². The maximum Gasteiger partial charge on any atom is 0.284 e. The Morgan fingerprint density at radius 1 is 1.23 bits per heavy atom. The van der Waals surface area contributed by atoms with Gasteiger partial charge in [-0.2, -0.15) is 13.1 Å². The average Bonchev–Trinajstić information content (AvgIpc) is 2.68. The highest BCUT2D eigenvalue weighted by Crippen LogP contribution is 2.27. The number of fused-ring (bicyclic) bond motifs is 1. The first kappa shape index (κ1) is 21.5. The number of halogens is 1. The van der Waals surface area contributed by atoms with Crippen molar-refractivity contribution in [1.82, 2.24) is 4.90 Å². The van der Waals surface area contributed by atoms with E-state index in [2.05, 4.69) is 9.71 Å². The summed E-state index contributed by atoms with van der Waals surface area (Å²) >= 11 is 6.09. The molecule has 1 amide bonds. The molecule has 1 heterocycles. The second kappa shape index (κ2) is 8.68. The van der Waals surface area contributed by atoms with Gasteiger partial charge in [-0.1, -0.05) is 29.8 Å². The molecule has 1 N–H and O–H groups in total. The van der Waals surface area contributed by atoms with Crippen LogP contribution in [0, 0.1) is 5.21 Å². The van der Waals surface area contributed by atoms with E-state index in [1.54, 1.807) is 38.4 Å². The molecule has 3 rings (SSSR count). The van der Waals surface area contributed by atoms with Gasteiger partial charge >= 0.3 is 0 Å². The van der Waals surface area contributed by atoms with E-state index < -0.39 is 15.9 Å². The SMILES string of the molecule is CN(C)/C=N/S(=O)(=O)c1cc(NC(=O)Cc2ccccc2Cl)cc2c1ccc[n+]2[O-]. The summed E-state index contributed by atoms with van der Waals surface area (Å²) in [6, 6.07) is 12.6. The van der Waals surface area contributed by atoms with E-state index in [1.807, 2.05) is 0 Å². The van der Waals surface area contributed by atoms with E-state index in [0.29, 0.717) is 15.3 Å². The molecule has 0 aliphatic heterocycles. The Labute approximate surface area is 179 Å². The van der Waals surface area contributed by atoms with Crippen LogP contribution in [-0.2, 0) is 21.2 Å². The van der Waals surface area contributed by atoms with E-state index in [4.69, 9.17) is 11.6 Å². The van der Waals surface area contributed by atoms with Gasteiger partial charge in [0.25, 0.3) is 10.0 Å². The molecule has 0 bridgehead atoms. The van der Waals surface area contributed by atoms with Crippen molar-refractivity contribution in [3.05, 3.63) is 70.5 Å². The predicted molar refractivity (Wildman–Crippen MR) is 116 cm³/mol. The molecule has 3 aromatic rings. The van der Waals surface area contributed by atoms with E-state index in [-0.39, 0.29) is 27.9 Å².